The van der Waals surface area contributed by atoms with Crippen LogP contribution in [-0.2, 0) is 17.6 Å². The number of rotatable bonds is 5. The van der Waals surface area contributed by atoms with Gasteiger partial charge in [0.1, 0.15) is 6.04 Å². The molecule has 0 bridgehead atoms. The van der Waals surface area contributed by atoms with Gasteiger partial charge in [-0.1, -0.05) is 27.7 Å². The number of carbonyl (C=O) groups is 2. The maximum absolute atomic E-state index is 12.5. The van der Waals surface area contributed by atoms with Gasteiger partial charge in [-0.2, -0.15) is 0 Å². The first-order valence-electron chi connectivity index (χ1n) is 9.34. The molecule has 5 heteroatoms. The van der Waals surface area contributed by atoms with Crippen molar-refractivity contribution in [3.05, 3.63) is 21.4 Å². The van der Waals surface area contributed by atoms with Crippen molar-refractivity contribution in [1.29, 1.82) is 0 Å². The van der Waals surface area contributed by atoms with E-state index in [2.05, 4.69) is 31.4 Å². The molecule has 0 radical (unpaired) electrons. The monoisotopic (exact) mass is 364 g/mol. The van der Waals surface area contributed by atoms with Crippen LogP contribution in [0.15, 0.2) is 6.07 Å². The van der Waals surface area contributed by atoms with Crippen LogP contribution in [0.2, 0.25) is 0 Å². The van der Waals surface area contributed by atoms with Gasteiger partial charge in [0.25, 0.3) is 5.91 Å². The molecule has 0 aliphatic heterocycles. The Balaban J connectivity index is 2.00. The van der Waals surface area contributed by atoms with Crippen molar-refractivity contribution >= 4 is 23.2 Å². The maximum Gasteiger partial charge on any atom is 0.262 e. The van der Waals surface area contributed by atoms with E-state index in [4.69, 9.17) is 0 Å². The van der Waals surface area contributed by atoms with E-state index < -0.39 is 6.04 Å². The van der Waals surface area contributed by atoms with E-state index in [1.54, 1.807) is 18.3 Å². The first-order valence-corrected chi connectivity index (χ1v) is 10.2. The molecule has 2 amide bonds. The van der Waals surface area contributed by atoms with Crippen molar-refractivity contribution in [3.63, 3.8) is 0 Å². The lowest BCUT2D eigenvalue weighted by Gasteiger charge is -2.33. The van der Waals surface area contributed by atoms with Gasteiger partial charge in [0.05, 0.1) is 4.88 Å². The molecule has 3 atom stereocenters. The maximum atomic E-state index is 12.5. The quantitative estimate of drug-likeness (QED) is 0.831. The minimum atomic E-state index is -0.525. The Kier molecular flexibility index (Phi) is 6.30. The second-order valence-electron chi connectivity index (χ2n) is 8.38. The zero-order chi connectivity index (χ0) is 18.8. The molecule has 0 fully saturated rings. The van der Waals surface area contributed by atoms with Crippen LogP contribution in [0.25, 0.3) is 0 Å². The third-order valence-electron chi connectivity index (χ3n) is 5.27. The number of amides is 2. The van der Waals surface area contributed by atoms with Crippen LogP contribution in [0.3, 0.4) is 0 Å². The molecule has 1 aromatic rings. The molecule has 1 aliphatic carbocycles. The lowest BCUT2D eigenvalue weighted by molar-refractivity contribution is -0.123. The van der Waals surface area contributed by atoms with E-state index in [0.717, 1.165) is 24.1 Å². The van der Waals surface area contributed by atoms with E-state index in [1.807, 2.05) is 19.9 Å². The summed E-state index contributed by atoms with van der Waals surface area (Å²) in [6.07, 6.45) is 4.16. The molecule has 3 unspecified atom stereocenters. The summed E-state index contributed by atoms with van der Waals surface area (Å²) < 4.78 is 0. The van der Waals surface area contributed by atoms with Crippen LogP contribution in [0.1, 0.15) is 74.5 Å². The number of carbonyl (C=O) groups excluding carboxylic acids is 2. The van der Waals surface area contributed by atoms with E-state index in [0.29, 0.717) is 11.3 Å². The summed E-state index contributed by atoms with van der Waals surface area (Å²) >= 11 is 1.58. The summed E-state index contributed by atoms with van der Waals surface area (Å²) in [5.41, 5.74) is 1.61. The topological polar surface area (TPSA) is 58.2 Å². The van der Waals surface area contributed by atoms with Crippen LogP contribution in [0, 0.1) is 11.3 Å². The standard InChI is InChI=1S/C20H32N2O2S/c1-7-12(2)21-18(23)13(3)22-19(24)17-11-14-10-15(20(4,5)6)8-9-16(14)25-17/h11-13,15H,7-10H2,1-6H3,(H,21,23)(H,22,24). The number of nitrogens with one attached hydrogen (secondary N) is 2. The highest BCUT2D eigenvalue weighted by Gasteiger charge is 2.30. The van der Waals surface area contributed by atoms with Crippen LogP contribution < -0.4 is 10.6 Å². The van der Waals surface area contributed by atoms with Gasteiger partial charge in [0.15, 0.2) is 0 Å². The predicted octanol–water partition coefficient (Wildman–Crippen LogP) is 3.93. The Bertz CT molecular complexity index is 630. The van der Waals surface area contributed by atoms with Gasteiger partial charge in [-0.25, -0.2) is 0 Å². The number of fused-ring (bicyclic) bond motifs is 1. The lowest BCUT2D eigenvalue weighted by Crippen LogP contribution is -2.47. The van der Waals surface area contributed by atoms with Crippen LogP contribution in [0.4, 0.5) is 0 Å². The van der Waals surface area contributed by atoms with Crippen molar-refractivity contribution in [3.8, 4) is 0 Å². The van der Waals surface area contributed by atoms with E-state index in [9.17, 15) is 9.59 Å². The van der Waals surface area contributed by atoms with E-state index in [-0.39, 0.29) is 17.9 Å². The highest BCUT2D eigenvalue weighted by Crippen LogP contribution is 2.40. The third-order valence-corrected chi connectivity index (χ3v) is 6.51. The fourth-order valence-corrected chi connectivity index (χ4v) is 4.29. The number of hydrogen-bond acceptors (Lipinski definition) is 3. The third kappa shape index (κ3) is 5.06. The van der Waals surface area contributed by atoms with Gasteiger partial charge in [-0.05, 0) is 62.5 Å². The normalized spacial score (nSPS) is 19.7. The molecule has 2 N–H and O–H groups in total. The lowest BCUT2D eigenvalue weighted by atomic mass is 9.72. The summed E-state index contributed by atoms with van der Waals surface area (Å²) in [6.45, 7) is 12.6. The number of aryl methyl sites for hydroxylation is 1. The Morgan fingerprint density at radius 3 is 2.56 bits per heavy atom. The molecule has 0 aromatic carbocycles. The van der Waals surface area contributed by atoms with Crippen molar-refractivity contribution in [1.82, 2.24) is 10.6 Å². The fraction of sp³-hybridized carbons (Fsp3) is 0.700. The number of hydrogen-bond donors (Lipinski definition) is 2. The van der Waals surface area contributed by atoms with Gasteiger partial charge in [-0.3, -0.25) is 9.59 Å². The second-order valence-corrected chi connectivity index (χ2v) is 9.51. The summed E-state index contributed by atoms with van der Waals surface area (Å²) in [4.78, 5) is 26.7. The molecular formula is C20H32N2O2S. The largest absolute Gasteiger partial charge is 0.352 e. The van der Waals surface area contributed by atoms with Crippen molar-refractivity contribution in [2.75, 3.05) is 0 Å². The van der Waals surface area contributed by atoms with Crippen molar-refractivity contribution in [2.24, 2.45) is 11.3 Å². The molecule has 0 spiro atoms. The van der Waals surface area contributed by atoms with Crippen molar-refractivity contribution < 1.29 is 9.59 Å². The summed E-state index contributed by atoms with van der Waals surface area (Å²) in [5.74, 6) is 0.390. The van der Waals surface area contributed by atoms with Gasteiger partial charge in [0.2, 0.25) is 5.91 Å². The van der Waals surface area contributed by atoms with Crippen LogP contribution in [0.5, 0.6) is 0 Å². The average molecular weight is 365 g/mol. The first-order chi connectivity index (χ1) is 11.6. The van der Waals surface area contributed by atoms with E-state index in [1.165, 1.54) is 16.9 Å². The van der Waals surface area contributed by atoms with Gasteiger partial charge >= 0.3 is 0 Å². The zero-order valence-electron chi connectivity index (χ0n) is 16.4. The molecule has 140 valence electrons. The first kappa shape index (κ1) is 20.0. The summed E-state index contributed by atoms with van der Waals surface area (Å²) in [5, 5.41) is 5.74. The van der Waals surface area contributed by atoms with E-state index >= 15 is 0 Å². The molecule has 2 rings (SSSR count). The molecule has 1 aromatic heterocycles. The Hall–Kier alpha value is -1.36. The minimum absolute atomic E-state index is 0.121. The predicted molar refractivity (Wildman–Crippen MR) is 104 cm³/mol. The molecule has 1 aliphatic rings. The molecule has 0 saturated carbocycles. The Morgan fingerprint density at radius 2 is 1.96 bits per heavy atom. The van der Waals surface area contributed by atoms with Gasteiger partial charge in [-0.15, -0.1) is 11.3 Å². The van der Waals surface area contributed by atoms with Gasteiger partial charge in [0, 0.05) is 10.9 Å². The highest BCUT2D eigenvalue weighted by atomic mass is 32.1. The molecular weight excluding hydrogens is 332 g/mol. The summed E-state index contributed by atoms with van der Waals surface area (Å²) in [7, 11) is 0. The van der Waals surface area contributed by atoms with Crippen LogP contribution >= 0.6 is 11.3 Å². The molecule has 0 saturated heterocycles. The Labute approximate surface area is 155 Å². The fourth-order valence-electron chi connectivity index (χ4n) is 3.18. The molecule has 1 heterocycles. The zero-order valence-corrected chi connectivity index (χ0v) is 17.2. The average Bonchev–Trinajstić information content (AvgIpc) is 2.96. The molecule has 25 heavy (non-hydrogen) atoms. The molecule has 4 nitrogen and oxygen atoms in total. The summed E-state index contributed by atoms with van der Waals surface area (Å²) in [6, 6.07) is 1.63. The highest BCUT2D eigenvalue weighted by molar-refractivity contribution is 7.14. The van der Waals surface area contributed by atoms with Crippen LogP contribution in [-0.4, -0.2) is 23.9 Å². The van der Waals surface area contributed by atoms with Gasteiger partial charge < -0.3 is 10.6 Å². The second kappa shape index (κ2) is 7.90. The number of thiophene rings is 1. The minimum Gasteiger partial charge on any atom is -0.352 e. The van der Waals surface area contributed by atoms with Crippen molar-refractivity contribution in [2.45, 2.75) is 79.3 Å². The smallest absolute Gasteiger partial charge is 0.262 e. The SMILES string of the molecule is CCC(C)NC(=O)C(C)NC(=O)c1cc2c(s1)CCC(C(C)(C)C)C2. The Morgan fingerprint density at radius 1 is 1.28 bits per heavy atom.